The Kier molecular flexibility index (Phi) is 12.1. The molecule has 0 saturated carbocycles. The van der Waals surface area contributed by atoms with Gasteiger partial charge in [-0.15, -0.1) is 11.8 Å². The van der Waals surface area contributed by atoms with Crippen LogP contribution >= 0.6 is 11.8 Å². The number of hydrogen-bond donors (Lipinski definition) is 3. The zero-order valence-electron chi connectivity index (χ0n) is 26.0. The molecule has 2 atom stereocenters. The third-order valence-electron chi connectivity index (χ3n) is 7.28. The number of carboxylic acids is 1. The van der Waals surface area contributed by atoms with E-state index < -0.39 is 28.5 Å². The molecule has 10 heteroatoms. The number of carboxylic acid groups (broad SMARTS) is 1. The van der Waals surface area contributed by atoms with Crippen LogP contribution in [-0.4, -0.2) is 38.9 Å². The maximum Gasteiger partial charge on any atom is 0.371 e. The van der Waals surface area contributed by atoms with E-state index in [1.54, 1.807) is 43.3 Å². The highest BCUT2D eigenvalue weighted by Crippen LogP contribution is 2.36. The van der Waals surface area contributed by atoms with E-state index in [1.165, 1.54) is 24.9 Å². The third kappa shape index (κ3) is 8.80. The van der Waals surface area contributed by atoms with E-state index >= 15 is 0 Å². The molecule has 0 aliphatic heterocycles. The highest BCUT2D eigenvalue weighted by molar-refractivity contribution is 8.00. The van der Waals surface area contributed by atoms with Crippen LogP contribution in [0.4, 0.5) is 0 Å². The van der Waals surface area contributed by atoms with Gasteiger partial charge in [-0.05, 0) is 75.9 Å². The van der Waals surface area contributed by atoms with Crippen molar-refractivity contribution < 1.29 is 38.5 Å². The molecule has 3 N–H and O–H groups in total. The fraction of sp³-hybridized carbons (Fsp3) is 0.306. The third-order valence-corrected chi connectivity index (χ3v) is 8.49. The van der Waals surface area contributed by atoms with Gasteiger partial charge in [0.1, 0.15) is 22.8 Å². The average molecular weight is 647 g/mol. The lowest BCUT2D eigenvalue weighted by atomic mass is 10.0. The quantitative estimate of drug-likeness (QED) is 0.0476. The van der Waals surface area contributed by atoms with Crippen molar-refractivity contribution in [3.05, 3.63) is 111 Å². The van der Waals surface area contributed by atoms with Gasteiger partial charge in [0.2, 0.25) is 5.76 Å². The van der Waals surface area contributed by atoms with Gasteiger partial charge in [0.05, 0.1) is 35.2 Å². The van der Waals surface area contributed by atoms with Crippen LogP contribution in [0.15, 0.2) is 91.6 Å². The van der Waals surface area contributed by atoms with Crippen molar-refractivity contribution in [3.8, 4) is 11.5 Å². The van der Waals surface area contributed by atoms with Gasteiger partial charge < -0.3 is 28.9 Å². The number of ether oxygens (including phenoxy) is 1. The summed E-state index contributed by atoms with van der Waals surface area (Å²) in [4.78, 5) is 36.2. The van der Waals surface area contributed by atoms with Gasteiger partial charge in [-0.2, -0.15) is 0 Å². The van der Waals surface area contributed by atoms with Crippen molar-refractivity contribution in [2.45, 2.75) is 69.1 Å². The first kappa shape index (κ1) is 34.3. The molecule has 4 rings (SSSR count). The van der Waals surface area contributed by atoms with Crippen molar-refractivity contribution >= 4 is 34.5 Å². The Morgan fingerprint density at radius 3 is 2.59 bits per heavy atom. The molecule has 0 spiro atoms. The van der Waals surface area contributed by atoms with Gasteiger partial charge in [0.25, 0.3) is 0 Å². The number of aromatic carboxylic acids is 1. The van der Waals surface area contributed by atoms with E-state index in [4.69, 9.17) is 13.6 Å². The monoisotopic (exact) mass is 646 g/mol. The van der Waals surface area contributed by atoms with Gasteiger partial charge in [-0.25, -0.2) is 4.79 Å². The first-order chi connectivity index (χ1) is 22.1. The minimum absolute atomic E-state index is 0.00518. The molecule has 242 valence electrons. The number of fused-ring (bicyclic) bond motifs is 1. The Hall–Kier alpha value is -4.54. The normalized spacial score (nSPS) is 13.0. The van der Waals surface area contributed by atoms with E-state index in [0.29, 0.717) is 46.1 Å². The number of aryl methyl sites for hydroxylation is 1. The first-order valence-electron chi connectivity index (χ1n) is 15.1. The van der Waals surface area contributed by atoms with E-state index in [0.717, 1.165) is 31.7 Å². The number of carbonyl (C=O) groups is 2. The highest BCUT2D eigenvalue weighted by Gasteiger charge is 2.22. The number of phenolic OH excluding ortho intramolecular Hbond substituents is 1. The van der Waals surface area contributed by atoms with E-state index in [9.17, 15) is 29.7 Å². The molecular weight excluding hydrogens is 608 g/mol. The standard InChI is InChI=1S/C36H38O9S/c1-4-11-28-30(16-15-26(23(3)37)35(28)40)43-17-10-8-6-5-7-9-12-33(34(39)24-18-22(2)44-21-24)46-25-13-14-27-29(38)20-32(36(41)42)45-31(27)19-25/h5,7,9,12-16,18-21,33-34,39-40H,4,6,8,10-11,17H2,1-3H3,(H,41,42)/b7-5-,12-9+/t33-,34+/m0/s1. The van der Waals surface area contributed by atoms with Gasteiger partial charge in [0.15, 0.2) is 11.2 Å². The van der Waals surface area contributed by atoms with E-state index in [2.05, 4.69) is 0 Å². The maximum absolute atomic E-state index is 12.3. The highest BCUT2D eigenvalue weighted by atomic mass is 32.2. The zero-order chi connectivity index (χ0) is 33.2. The number of hydrogen-bond acceptors (Lipinski definition) is 9. The Morgan fingerprint density at radius 2 is 1.89 bits per heavy atom. The lowest BCUT2D eigenvalue weighted by molar-refractivity contribution is 0.0662. The molecule has 4 aromatic rings. The van der Waals surface area contributed by atoms with Crippen LogP contribution in [0.5, 0.6) is 11.5 Å². The average Bonchev–Trinajstić information content (AvgIpc) is 3.46. The lowest BCUT2D eigenvalue weighted by Crippen LogP contribution is -2.12. The van der Waals surface area contributed by atoms with Crippen molar-refractivity contribution in [2.24, 2.45) is 0 Å². The van der Waals surface area contributed by atoms with Crippen LogP contribution in [0, 0.1) is 6.92 Å². The van der Waals surface area contributed by atoms with Crippen molar-refractivity contribution in [1.29, 1.82) is 0 Å². The molecule has 0 amide bonds. The Labute approximate surface area is 271 Å². The summed E-state index contributed by atoms with van der Waals surface area (Å²) in [6.07, 6.45) is 12.2. The Morgan fingerprint density at radius 1 is 1.09 bits per heavy atom. The summed E-state index contributed by atoms with van der Waals surface area (Å²) in [6, 6.07) is 11.0. The number of phenols is 1. The van der Waals surface area contributed by atoms with E-state index in [1.807, 2.05) is 31.2 Å². The SMILES string of the molecule is CCCc1c(OCCCC/C=C\C=C\[C@H](Sc2ccc3c(=O)cc(C(=O)O)oc3c2)[C@H](O)c2coc(C)c2)ccc(C(C)=O)c1O. The molecular formula is C36H38O9S. The van der Waals surface area contributed by atoms with Gasteiger partial charge >= 0.3 is 5.97 Å². The van der Waals surface area contributed by atoms with Crippen molar-refractivity contribution in [3.63, 3.8) is 0 Å². The molecule has 0 unspecified atom stereocenters. The number of rotatable bonds is 16. The maximum atomic E-state index is 12.3. The number of furan rings is 1. The summed E-state index contributed by atoms with van der Waals surface area (Å²) in [5.74, 6) is -0.668. The summed E-state index contributed by atoms with van der Waals surface area (Å²) in [6.45, 7) is 5.72. The first-order valence-corrected chi connectivity index (χ1v) is 16.0. The molecule has 0 aliphatic carbocycles. The lowest BCUT2D eigenvalue weighted by Gasteiger charge is -2.18. The zero-order valence-corrected chi connectivity index (χ0v) is 26.8. The van der Waals surface area contributed by atoms with Crippen LogP contribution in [0.25, 0.3) is 11.0 Å². The molecule has 2 aromatic heterocycles. The Balaban J connectivity index is 1.37. The van der Waals surface area contributed by atoms with Crippen LogP contribution in [0.1, 0.15) is 83.4 Å². The number of allylic oxidation sites excluding steroid dienone is 3. The van der Waals surface area contributed by atoms with Gasteiger partial charge in [-0.3, -0.25) is 9.59 Å². The second-order valence-corrected chi connectivity index (χ2v) is 12.1. The number of ketones is 1. The fourth-order valence-corrected chi connectivity index (χ4v) is 6.00. The molecule has 0 saturated heterocycles. The van der Waals surface area contributed by atoms with Gasteiger partial charge in [-0.1, -0.05) is 37.6 Å². The van der Waals surface area contributed by atoms with Crippen molar-refractivity contribution in [1.82, 2.24) is 0 Å². The van der Waals surface area contributed by atoms with E-state index in [-0.39, 0.29) is 22.5 Å². The number of thioether (sulfide) groups is 1. The molecule has 9 nitrogen and oxygen atoms in total. The van der Waals surface area contributed by atoms with Crippen molar-refractivity contribution in [2.75, 3.05) is 6.61 Å². The summed E-state index contributed by atoms with van der Waals surface area (Å²) >= 11 is 1.34. The smallest absolute Gasteiger partial charge is 0.371 e. The summed E-state index contributed by atoms with van der Waals surface area (Å²) in [5.41, 5.74) is 1.30. The number of aromatic hydroxyl groups is 1. The van der Waals surface area contributed by atoms with Crippen LogP contribution in [0.2, 0.25) is 0 Å². The fourth-order valence-electron chi connectivity index (χ4n) is 4.91. The summed E-state index contributed by atoms with van der Waals surface area (Å²) in [5, 5.41) is 30.8. The van der Waals surface area contributed by atoms with Crippen LogP contribution in [0.3, 0.4) is 0 Å². The molecule has 0 radical (unpaired) electrons. The number of benzene rings is 2. The molecule has 46 heavy (non-hydrogen) atoms. The molecule has 0 aliphatic rings. The molecule has 2 aromatic carbocycles. The predicted octanol–water partition coefficient (Wildman–Crippen LogP) is 7.81. The van der Waals surface area contributed by atoms with Gasteiger partial charge in [0, 0.05) is 22.1 Å². The molecule has 0 bridgehead atoms. The van der Waals surface area contributed by atoms with Crippen LogP contribution in [-0.2, 0) is 6.42 Å². The minimum Gasteiger partial charge on any atom is -0.507 e. The second-order valence-electron chi connectivity index (χ2n) is 10.9. The van der Waals surface area contributed by atoms with Crippen LogP contribution < -0.4 is 10.2 Å². The summed E-state index contributed by atoms with van der Waals surface area (Å²) < 4.78 is 16.8. The summed E-state index contributed by atoms with van der Waals surface area (Å²) in [7, 11) is 0. The Bertz CT molecular complexity index is 1800. The number of carbonyl (C=O) groups excluding carboxylic acids is 1. The number of aliphatic hydroxyl groups is 1. The predicted molar refractivity (Wildman–Crippen MR) is 177 cm³/mol. The number of Topliss-reactive ketones (excluding diaryl/α,β-unsaturated/α-hetero) is 1. The second kappa shape index (κ2) is 16.1. The number of aliphatic hydroxyl groups excluding tert-OH is 1. The number of unbranched alkanes of at least 4 members (excludes halogenated alkanes) is 2. The molecule has 2 heterocycles. The minimum atomic E-state index is -1.33. The topological polar surface area (TPSA) is 147 Å². The largest absolute Gasteiger partial charge is 0.507 e. The molecule has 0 fully saturated rings.